The summed E-state index contributed by atoms with van der Waals surface area (Å²) in [7, 11) is 2.13. The van der Waals surface area contributed by atoms with Gasteiger partial charge in [-0.05, 0) is 104 Å². The predicted molar refractivity (Wildman–Crippen MR) is 176 cm³/mol. The SMILES string of the molecule is C=C1Cc2c(OC[C@@H]3CCCN3C)nc3c(F)c(-c4cc(O)cc5ccccc45)c(CCC#N)cc3c2N(C2C3CCC2C3)C1. The molecule has 0 radical (unpaired) electrons. The Morgan fingerprint density at radius 3 is 2.71 bits per heavy atom. The van der Waals surface area contributed by atoms with E-state index in [0.717, 1.165) is 64.5 Å². The number of rotatable bonds is 7. The van der Waals surface area contributed by atoms with E-state index in [1.54, 1.807) is 12.1 Å². The van der Waals surface area contributed by atoms with Gasteiger partial charge in [0.15, 0.2) is 5.82 Å². The lowest BCUT2D eigenvalue weighted by Crippen LogP contribution is -2.51. The molecular formula is C38H39FN4O2. The van der Waals surface area contributed by atoms with Crippen molar-refractivity contribution in [2.75, 3.05) is 31.6 Å². The number of nitrogens with zero attached hydrogens (tertiary/aromatic N) is 4. The van der Waals surface area contributed by atoms with Crippen LogP contribution < -0.4 is 9.64 Å². The van der Waals surface area contributed by atoms with Crippen molar-refractivity contribution in [2.24, 2.45) is 11.8 Å². The summed E-state index contributed by atoms with van der Waals surface area (Å²) in [6.45, 7) is 6.76. The summed E-state index contributed by atoms with van der Waals surface area (Å²) in [5, 5.41) is 22.8. The van der Waals surface area contributed by atoms with Gasteiger partial charge in [0.2, 0.25) is 5.88 Å². The summed E-state index contributed by atoms with van der Waals surface area (Å²) in [6, 6.07) is 16.1. The molecule has 3 heterocycles. The molecule has 2 aliphatic heterocycles. The Labute approximate surface area is 263 Å². The normalized spacial score (nSPS) is 24.2. The van der Waals surface area contributed by atoms with Crippen molar-refractivity contribution in [1.82, 2.24) is 9.88 Å². The monoisotopic (exact) mass is 602 g/mol. The van der Waals surface area contributed by atoms with Crippen LogP contribution >= 0.6 is 0 Å². The highest BCUT2D eigenvalue weighted by atomic mass is 19.1. The summed E-state index contributed by atoms with van der Waals surface area (Å²) in [4.78, 5) is 9.83. The van der Waals surface area contributed by atoms with Crippen LogP contribution in [0.2, 0.25) is 0 Å². The fraction of sp³-hybridized carbons (Fsp3) is 0.421. The molecule has 3 saturated carbocycles. The summed E-state index contributed by atoms with van der Waals surface area (Å²) < 4.78 is 24.0. The summed E-state index contributed by atoms with van der Waals surface area (Å²) in [6.07, 6.45) is 7.26. The van der Waals surface area contributed by atoms with Crippen LogP contribution in [-0.4, -0.2) is 53.8 Å². The van der Waals surface area contributed by atoms with Crippen molar-refractivity contribution in [3.8, 4) is 28.8 Å². The molecule has 230 valence electrons. The van der Waals surface area contributed by atoms with Gasteiger partial charge in [0.25, 0.3) is 0 Å². The van der Waals surface area contributed by atoms with Gasteiger partial charge in [-0.2, -0.15) is 5.26 Å². The third kappa shape index (κ3) is 4.65. The second-order valence-corrected chi connectivity index (χ2v) is 13.7. The second kappa shape index (κ2) is 11.0. The first-order valence-corrected chi connectivity index (χ1v) is 16.4. The highest BCUT2D eigenvalue weighted by Crippen LogP contribution is 2.55. The maximum absolute atomic E-state index is 17.4. The van der Waals surface area contributed by atoms with Crippen LogP contribution in [0.5, 0.6) is 11.6 Å². The van der Waals surface area contributed by atoms with Gasteiger partial charge in [0.1, 0.15) is 17.9 Å². The topological polar surface area (TPSA) is 72.6 Å². The van der Waals surface area contributed by atoms with Gasteiger partial charge in [-0.1, -0.05) is 36.4 Å². The first-order chi connectivity index (χ1) is 21.9. The number of phenolic OH excluding ortho intramolecular Hbond substituents is 1. The lowest BCUT2D eigenvalue weighted by molar-refractivity contribution is 0.192. The van der Waals surface area contributed by atoms with E-state index in [4.69, 9.17) is 9.72 Å². The Morgan fingerprint density at radius 1 is 1.13 bits per heavy atom. The van der Waals surface area contributed by atoms with Gasteiger partial charge in [-0.25, -0.2) is 9.37 Å². The number of likely N-dealkylation sites (N-methyl/N-ethyl adjacent to an activating group) is 1. The number of aromatic nitrogens is 1. The van der Waals surface area contributed by atoms with Gasteiger partial charge in [-0.15, -0.1) is 0 Å². The lowest BCUT2D eigenvalue weighted by Gasteiger charge is -2.48. The Morgan fingerprint density at radius 2 is 1.96 bits per heavy atom. The van der Waals surface area contributed by atoms with Crippen LogP contribution in [0.1, 0.15) is 49.7 Å². The van der Waals surface area contributed by atoms with E-state index in [9.17, 15) is 10.4 Å². The number of halogens is 1. The quantitative estimate of drug-likeness (QED) is 0.220. The smallest absolute Gasteiger partial charge is 0.219 e. The summed E-state index contributed by atoms with van der Waals surface area (Å²) >= 11 is 0. The Kier molecular flexibility index (Phi) is 6.94. The third-order valence-corrected chi connectivity index (χ3v) is 11.0. The maximum atomic E-state index is 17.4. The zero-order chi connectivity index (χ0) is 30.8. The van der Waals surface area contributed by atoms with Crippen LogP contribution in [-0.2, 0) is 12.8 Å². The average molecular weight is 603 g/mol. The number of aryl methyl sites for hydroxylation is 1. The fourth-order valence-corrected chi connectivity index (χ4v) is 8.82. The zero-order valence-corrected chi connectivity index (χ0v) is 25.9. The fourth-order valence-electron chi connectivity index (χ4n) is 8.82. The molecule has 3 aliphatic carbocycles. The molecule has 2 bridgehead atoms. The number of aromatic hydroxyl groups is 1. The van der Waals surface area contributed by atoms with Crippen LogP contribution in [0.3, 0.4) is 0 Å². The number of hydrogen-bond donors (Lipinski definition) is 1. The molecule has 0 amide bonds. The molecule has 3 atom stereocenters. The molecule has 45 heavy (non-hydrogen) atoms. The van der Waals surface area contributed by atoms with E-state index < -0.39 is 5.82 Å². The van der Waals surface area contributed by atoms with Gasteiger partial charge >= 0.3 is 0 Å². The first-order valence-electron chi connectivity index (χ1n) is 16.4. The zero-order valence-electron chi connectivity index (χ0n) is 25.9. The van der Waals surface area contributed by atoms with E-state index in [-0.39, 0.29) is 17.7 Å². The van der Waals surface area contributed by atoms with Crippen LogP contribution in [0.25, 0.3) is 32.8 Å². The number of pyridine rings is 1. The molecule has 1 N–H and O–H groups in total. The lowest BCUT2D eigenvalue weighted by atomic mass is 9.75. The van der Waals surface area contributed by atoms with Crippen molar-refractivity contribution < 1.29 is 14.2 Å². The third-order valence-electron chi connectivity index (χ3n) is 11.0. The van der Waals surface area contributed by atoms with Gasteiger partial charge in [0, 0.05) is 48.0 Å². The Bertz CT molecular complexity index is 1880. The standard InChI is InChI=1S/C38H39FN4O2/c1-22-15-32-37(43(20-22)36-25-11-12-26(36)16-25)31-18-24(8-5-13-40)33(30-19-28(44)17-23-7-3-4-10-29(23)30)34(39)35(31)41-38(32)45-21-27-9-6-14-42(27)2/h3-4,7,10,17-19,25-27,36,44H,1,5-6,8-9,11-12,14-16,20-21H2,2H3/t25?,26?,27-,36?/m0/s1. The van der Waals surface area contributed by atoms with E-state index in [1.165, 1.54) is 19.3 Å². The Hall–Kier alpha value is -4.15. The number of benzene rings is 3. The number of anilines is 1. The highest BCUT2D eigenvalue weighted by molar-refractivity contribution is 6.04. The molecule has 6 nitrogen and oxygen atoms in total. The van der Waals surface area contributed by atoms with Crippen molar-refractivity contribution in [1.29, 1.82) is 5.26 Å². The maximum Gasteiger partial charge on any atom is 0.219 e. The number of phenols is 1. The van der Waals surface area contributed by atoms with Crippen LogP contribution in [0.4, 0.5) is 10.1 Å². The van der Waals surface area contributed by atoms with Crippen molar-refractivity contribution in [3.63, 3.8) is 0 Å². The molecular weight excluding hydrogens is 563 g/mol. The largest absolute Gasteiger partial charge is 0.508 e. The molecule has 5 aliphatic rings. The molecule has 1 aromatic heterocycles. The molecule has 7 heteroatoms. The molecule has 3 aromatic carbocycles. The minimum Gasteiger partial charge on any atom is -0.508 e. The van der Waals surface area contributed by atoms with Crippen molar-refractivity contribution >= 4 is 27.4 Å². The number of fused-ring (bicyclic) bond motifs is 5. The van der Waals surface area contributed by atoms with Crippen LogP contribution in [0, 0.1) is 29.0 Å². The average Bonchev–Trinajstić information content (AvgIpc) is 3.77. The van der Waals surface area contributed by atoms with Crippen molar-refractivity contribution in [3.05, 3.63) is 71.6 Å². The van der Waals surface area contributed by atoms with Gasteiger partial charge in [0.05, 0.1) is 11.8 Å². The second-order valence-electron chi connectivity index (χ2n) is 13.7. The summed E-state index contributed by atoms with van der Waals surface area (Å²) in [5.41, 5.74) is 5.22. The number of hydrogen-bond acceptors (Lipinski definition) is 6. The van der Waals surface area contributed by atoms with E-state index in [0.29, 0.717) is 60.4 Å². The molecule has 9 rings (SSSR count). The molecule has 1 saturated heterocycles. The number of likely N-dealkylation sites (tertiary alicyclic amines) is 1. The van der Waals surface area contributed by atoms with Gasteiger partial charge in [-0.3, -0.25) is 0 Å². The van der Waals surface area contributed by atoms with E-state index >= 15 is 4.39 Å². The summed E-state index contributed by atoms with van der Waals surface area (Å²) in [5.74, 6) is 1.44. The minimum absolute atomic E-state index is 0.0719. The van der Waals surface area contributed by atoms with Crippen LogP contribution in [0.15, 0.2) is 54.6 Å². The Balaban J connectivity index is 1.38. The predicted octanol–water partition coefficient (Wildman–Crippen LogP) is 7.55. The molecule has 2 unspecified atom stereocenters. The minimum atomic E-state index is -0.428. The van der Waals surface area contributed by atoms with Crippen molar-refractivity contribution in [2.45, 2.75) is 63.5 Å². The first kappa shape index (κ1) is 28.3. The van der Waals surface area contributed by atoms with E-state index in [2.05, 4.69) is 35.6 Å². The van der Waals surface area contributed by atoms with Gasteiger partial charge < -0.3 is 19.6 Å². The molecule has 4 fully saturated rings. The highest BCUT2D eigenvalue weighted by Gasteiger charge is 2.51. The molecule has 0 spiro atoms. The molecule has 4 aromatic rings. The van der Waals surface area contributed by atoms with E-state index in [1.807, 2.05) is 24.3 Å². The number of ether oxygens (including phenoxy) is 1. The number of nitriles is 1.